The van der Waals surface area contributed by atoms with Gasteiger partial charge in [0.1, 0.15) is 12.0 Å². The van der Waals surface area contributed by atoms with Crippen LogP contribution in [0.5, 0.6) is 0 Å². The molecule has 170 valence electrons. The Morgan fingerprint density at radius 1 is 1.44 bits per heavy atom. The van der Waals surface area contributed by atoms with Gasteiger partial charge in [-0.15, -0.1) is 0 Å². The van der Waals surface area contributed by atoms with Crippen molar-refractivity contribution in [3.8, 4) is 23.1 Å². The van der Waals surface area contributed by atoms with Crippen LogP contribution in [0.15, 0.2) is 24.4 Å². The molecule has 1 aromatic carbocycles. The highest BCUT2D eigenvalue weighted by atomic mass is 19.1. The zero-order valence-electron chi connectivity index (χ0n) is 18.1. The Hall–Kier alpha value is -3.10. The number of anilines is 1. The van der Waals surface area contributed by atoms with Gasteiger partial charge in [-0.05, 0) is 25.2 Å². The van der Waals surface area contributed by atoms with E-state index in [-0.39, 0.29) is 29.2 Å². The number of carbonyl (C=O) groups is 1. The molecular weight excluding hydrogens is 419 g/mol. The number of carbonyl (C=O) groups excluding carboxylic acids is 1. The van der Waals surface area contributed by atoms with Crippen LogP contribution in [0.3, 0.4) is 0 Å². The molecule has 0 radical (unpaired) electrons. The lowest BCUT2D eigenvalue weighted by Gasteiger charge is -2.22. The Bertz CT molecular complexity index is 1050. The van der Waals surface area contributed by atoms with Gasteiger partial charge >= 0.3 is 5.97 Å². The summed E-state index contributed by atoms with van der Waals surface area (Å²) in [7, 11) is 4.44. The van der Waals surface area contributed by atoms with E-state index in [4.69, 9.17) is 9.47 Å². The molecule has 10 heteroatoms. The molecule has 0 bridgehead atoms. The van der Waals surface area contributed by atoms with Crippen molar-refractivity contribution in [1.82, 2.24) is 14.9 Å². The van der Waals surface area contributed by atoms with Crippen molar-refractivity contribution >= 4 is 11.8 Å². The van der Waals surface area contributed by atoms with Gasteiger partial charge in [0.25, 0.3) is 0 Å². The number of methoxy groups -OCH3 is 2. The fourth-order valence-electron chi connectivity index (χ4n) is 3.23. The van der Waals surface area contributed by atoms with Crippen molar-refractivity contribution in [1.29, 1.82) is 0 Å². The summed E-state index contributed by atoms with van der Waals surface area (Å²) in [5.74, 6) is 4.36. The lowest BCUT2D eigenvalue weighted by molar-refractivity contribution is -0.0633. The van der Waals surface area contributed by atoms with Crippen LogP contribution >= 0.6 is 0 Å². The molecule has 0 spiro atoms. The summed E-state index contributed by atoms with van der Waals surface area (Å²) in [6.45, 7) is 1.27. The molecule has 1 aromatic heterocycles. The molecule has 2 unspecified atom stereocenters. The summed E-state index contributed by atoms with van der Waals surface area (Å²) < 4.78 is 24.3. The van der Waals surface area contributed by atoms with E-state index in [9.17, 15) is 19.4 Å². The van der Waals surface area contributed by atoms with Crippen LogP contribution in [0.1, 0.15) is 22.5 Å². The highest BCUT2D eigenvalue weighted by Crippen LogP contribution is 2.26. The number of likely N-dealkylation sites (N-methyl/N-ethyl adjacent to an activating group) is 1. The number of rotatable bonds is 6. The van der Waals surface area contributed by atoms with E-state index in [1.165, 1.54) is 31.5 Å². The lowest BCUT2D eigenvalue weighted by Crippen LogP contribution is -2.42. The molecule has 1 aliphatic rings. The van der Waals surface area contributed by atoms with Crippen LogP contribution < -0.4 is 5.32 Å². The third-order valence-electron chi connectivity index (χ3n) is 5.11. The van der Waals surface area contributed by atoms with E-state index >= 15 is 0 Å². The minimum atomic E-state index is -1.57. The van der Waals surface area contributed by atoms with Crippen LogP contribution in [0, 0.1) is 17.7 Å². The Morgan fingerprint density at radius 3 is 2.88 bits per heavy atom. The normalized spacial score (nSPS) is 20.5. The average molecular weight is 444 g/mol. The van der Waals surface area contributed by atoms with Gasteiger partial charge < -0.3 is 25.0 Å². The Labute approximate surface area is 185 Å². The monoisotopic (exact) mass is 444 g/mol. The third kappa shape index (κ3) is 5.03. The Balaban J connectivity index is 1.95. The minimum Gasteiger partial charge on any atom is -0.464 e. The van der Waals surface area contributed by atoms with E-state index in [2.05, 4.69) is 27.1 Å². The van der Waals surface area contributed by atoms with Crippen LogP contribution in [-0.4, -0.2) is 83.8 Å². The van der Waals surface area contributed by atoms with Gasteiger partial charge in [-0.2, -0.15) is 0 Å². The number of aromatic nitrogens is 2. The van der Waals surface area contributed by atoms with Crippen molar-refractivity contribution < 1.29 is 28.9 Å². The van der Waals surface area contributed by atoms with Crippen molar-refractivity contribution in [2.75, 3.05) is 46.3 Å². The second kappa shape index (κ2) is 10.0. The molecule has 0 aliphatic carbocycles. The fraction of sp³-hybridized carbons (Fsp3) is 0.409. The zero-order valence-corrected chi connectivity index (χ0v) is 18.1. The summed E-state index contributed by atoms with van der Waals surface area (Å²) in [4.78, 5) is 22.2. The number of hydrogen-bond acceptors (Lipinski definition) is 9. The summed E-state index contributed by atoms with van der Waals surface area (Å²) >= 11 is 0. The maximum Gasteiger partial charge on any atom is 0.360 e. The third-order valence-corrected chi connectivity index (χ3v) is 5.11. The molecule has 2 aromatic rings. The first kappa shape index (κ1) is 23.6. The van der Waals surface area contributed by atoms with Gasteiger partial charge in [0.05, 0.1) is 25.6 Å². The smallest absolute Gasteiger partial charge is 0.360 e. The van der Waals surface area contributed by atoms with E-state index in [1.54, 1.807) is 19.1 Å². The number of aliphatic hydroxyl groups excluding tert-OH is 1. The largest absolute Gasteiger partial charge is 0.464 e. The second-order valence-corrected chi connectivity index (χ2v) is 7.34. The zero-order chi connectivity index (χ0) is 23.3. The molecule has 3 rings (SSSR count). The molecule has 0 saturated carbocycles. The van der Waals surface area contributed by atoms with E-state index in [0.717, 1.165) is 0 Å². The van der Waals surface area contributed by atoms with Gasteiger partial charge in [-0.25, -0.2) is 19.2 Å². The highest BCUT2D eigenvalue weighted by Gasteiger charge is 2.42. The number of likely N-dealkylation sites (tertiary alicyclic amines) is 1. The number of nitrogens with zero attached hydrogens (tertiary/aromatic N) is 3. The summed E-state index contributed by atoms with van der Waals surface area (Å²) in [5.41, 5.74) is -1.07. The number of nitrogens with one attached hydrogen (secondary N) is 1. The summed E-state index contributed by atoms with van der Waals surface area (Å²) in [5, 5.41) is 23.6. The predicted octanol–water partition coefficient (Wildman–Crippen LogP) is 0.864. The topological polar surface area (TPSA) is 117 Å². The number of ether oxygens (including phenoxy) is 2. The van der Waals surface area contributed by atoms with Crippen molar-refractivity contribution in [3.63, 3.8) is 0 Å². The number of esters is 1. The van der Waals surface area contributed by atoms with Crippen LogP contribution in [-0.2, 0) is 9.47 Å². The average Bonchev–Trinajstić information content (AvgIpc) is 3.06. The van der Waals surface area contributed by atoms with Crippen LogP contribution in [0.2, 0.25) is 0 Å². The molecule has 2 heterocycles. The van der Waals surface area contributed by atoms with Gasteiger partial charge in [0.15, 0.2) is 17.1 Å². The number of benzene rings is 1. The molecule has 0 amide bonds. The molecule has 9 nitrogen and oxygen atoms in total. The van der Waals surface area contributed by atoms with Crippen molar-refractivity contribution in [3.05, 3.63) is 41.5 Å². The van der Waals surface area contributed by atoms with Gasteiger partial charge in [0.2, 0.25) is 0 Å². The first-order valence-corrected chi connectivity index (χ1v) is 9.91. The second-order valence-electron chi connectivity index (χ2n) is 7.34. The van der Waals surface area contributed by atoms with E-state index in [1.807, 2.05) is 0 Å². The lowest BCUT2D eigenvalue weighted by atomic mass is 10.0. The molecule has 1 saturated heterocycles. The Kier molecular flexibility index (Phi) is 7.37. The summed E-state index contributed by atoms with van der Waals surface area (Å²) in [6, 6.07) is 4.11. The number of hydrogen-bond donors (Lipinski definition) is 3. The highest BCUT2D eigenvalue weighted by molar-refractivity contribution is 5.93. The minimum absolute atomic E-state index is 0.0778. The maximum absolute atomic E-state index is 14.6. The van der Waals surface area contributed by atoms with Gasteiger partial charge in [0, 0.05) is 37.7 Å². The SMILES string of the molecule is COCCNc1ncc(-c2cc(C#CC3(O)CCN(C)C3O)ccc2F)nc1C(=O)OC. The first-order valence-electron chi connectivity index (χ1n) is 9.91. The number of halogens is 1. The molecule has 2 atom stereocenters. The summed E-state index contributed by atoms with van der Waals surface area (Å²) in [6.07, 6.45) is 0.513. The quantitative estimate of drug-likeness (QED) is 0.339. The molecular formula is C22H25FN4O5. The van der Waals surface area contributed by atoms with E-state index in [0.29, 0.717) is 25.3 Å². The van der Waals surface area contributed by atoms with Crippen LogP contribution in [0.25, 0.3) is 11.3 Å². The standard InChI is InChI=1S/C22H25FN4O5/c1-27-10-8-22(30,21(27)29)7-6-14-4-5-16(23)15(12-14)17-13-25-19(24-9-11-31-2)18(26-17)20(28)32-3/h4-5,12-13,21,29-30H,8-11H2,1-3H3,(H,24,25). The predicted molar refractivity (Wildman–Crippen MR) is 114 cm³/mol. The Morgan fingerprint density at radius 2 is 2.22 bits per heavy atom. The van der Waals surface area contributed by atoms with Crippen LogP contribution in [0.4, 0.5) is 10.2 Å². The van der Waals surface area contributed by atoms with Crippen molar-refractivity contribution in [2.24, 2.45) is 0 Å². The van der Waals surface area contributed by atoms with Gasteiger partial charge in [-0.3, -0.25) is 4.90 Å². The first-order chi connectivity index (χ1) is 15.3. The van der Waals surface area contributed by atoms with Gasteiger partial charge in [-0.1, -0.05) is 11.8 Å². The van der Waals surface area contributed by atoms with Crippen molar-refractivity contribution in [2.45, 2.75) is 18.2 Å². The fourth-order valence-corrected chi connectivity index (χ4v) is 3.23. The molecule has 3 N–H and O–H groups in total. The van der Waals surface area contributed by atoms with E-state index < -0.39 is 23.6 Å². The molecule has 32 heavy (non-hydrogen) atoms. The molecule has 1 fully saturated rings. The molecule has 1 aliphatic heterocycles. The maximum atomic E-state index is 14.6. The number of aliphatic hydroxyl groups is 2.